The molecular weight excluding hydrogens is 403 g/mol. The molecule has 0 N–H and O–H groups in total. The van der Waals surface area contributed by atoms with Crippen molar-refractivity contribution < 1.29 is 8.82 Å². The highest BCUT2D eigenvalue weighted by Crippen LogP contribution is 2.48. The van der Waals surface area contributed by atoms with Crippen LogP contribution in [0.1, 0.15) is 87.0 Å². The summed E-state index contributed by atoms with van der Waals surface area (Å²) >= 11 is 0. The van der Waals surface area contributed by atoms with E-state index in [9.17, 15) is 4.39 Å². The van der Waals surface area contributed by atoms with Crippen LogP contribution < -0.4 is 4.43 Å². The molecule has 1 nitrogen and oxygen atoms in total. The molecule has 0 heterocycles. The van der Waals surface area contributed by atoms with Crippen molar-refractivity contribution in [3.8, 4) is 5.75 Å². The summed E-state index contributed by atoms with van der Waals surface area (Å²) in [5.74, 6) is 0.223. The Morgan fingerprint density at radius 2 is 1.37 bits per heavy atom. The lowest BCUT2D eigenvalue weighted by Crippen LogP contribution is -2.53. The summed E-state index contributed by atoms with van der Waals surface area (Å²) in [6.07, 6.45) is 7.97. The third-order valence-electron chi connectivity index (χ3n) is 7.62. The fourth-order valence-electron chi connectivity index (χ4n) is 4.83. The van der Waals surface area contributed by atoms with Gasteiger partial charge in [-0.15, -0.1) is 0 Å². The molecule has 0 spiro atoms. The van der Waals surface area contributed by atoms with E-state index < -0.39 is 16.4 Å². The number of benzene rings is 1. The van der Waals surface area contributed by atoms with Gasteiger partial charge in [0.1, 0.15) is 5.75 Å². The lowest BCUT2D eigenvalue weighted by atomic mass is 10.1. The van der Waals surface area contributed by atoms with Gasteiger partial charge in [-0.25, -0.2) is 4.39 Å². The van der Waals surface area contributed by atoms with Gasteiger partial charge >= 0.3 is 0 Å². The van der Waals surface area contributed by atoms with Crippen molar-refractivity contribution in [1.82, 2.24) is 0 Å². The normalized spacial score (nSPS) is 14.7. The Bertz CT molecular complexity index is 607. The Labute approximate surface area is 189 Å². The van der Waals surface area contributed by atoms with E-state index in [0.29, 0.717) is 11.3 Å². The average Bonchev–Trinajstić information content (AvgIpc) is 2.69. The standard InChI is InChI=1S/C26H49FOSi2/c1-9-29(8,10-2)21-17-13-11-12-14-18-22-30(23(3)4,26(5,6)7)28-25-20-16-15-19-24(25)27/h15-16,19-20,23H,9-14,17-18,21-22H2,1-8H3. The van der Waals surface area contributed by atoms with E-state index in [1.807, 2.05) is 6.07 Å². The first-order valence-corrected chi connectivity index (χ1v) is 17.8. The zero-order valence-electron chi connectivity index (χ0n) is 21.2. The molecule has 174 valence electrons. The van der Waals surface area contributed by atoms with Gasteiger partial charge in [0.05, 0.1) is 0 Å². The number of rotatable bonds is 14. The molecule has 1 unspecified atom stereocenters. The molecule has 0 aromatic heterocycles. The summed E-state index contributed by atoms with van der Waals surface area (Å²) < 4.78 is 21.0. The van der Waals surface area contributed by atoms with E-state index in [2.05, 4.69) is 55.0 Å². The minimum absolute atomic E-state index is 0.0683. The first kappa shape index (κ1) is 27.4. The minimum Gasteiger partial charge on any atom is -0.541 e. The molecule has 1 aromatic rings. The van der Waals surface area contributed by atoms with Gasteiger partial charge in [-0.3, -0.25) is 0 Å². The van der Waals surface area contributed by atoms with E-state index in [-0.39, 0.29) is 10.9 Å². The molecular formula is C26H49FOSi2. The Hall–Kier alpha value is -0.616. The number of hydrogen-bond acceptors (Lipinski definition) is 1. The van der Waals surface area contributed by atoms with Crippen LogP contribution in [-0.4, -0.2) is 16.4 Å². The van der Waals surface area contributed by atoms with E-state index in [1.165, 1.54) is 62.7 Å². The second-order valence-corrected chi connectivity index (χ2v) is 21.6. The predicted octanol–water partition coefficient (Wildman–Crippen LogP) is 9.82. The van der Waals surface area contributed by atoms with Crippen molar-refractivity contribution in [2.45, 2.75) is 128 Å². The zero-order chi connectivity index (χ0) is 22.8. The van der Waals surface area contributed by atoms with Crippen LogP contribution in [0, 0.1) is 5.82 Å². The zero-order valence-corrected chi connectivity index (χ0v) is 23.2. The summed E-state index contributed by atoms with van der Waals surface area (Å²) in [6.45, 7) is 18.8. The maximum Gasteiger partial charge on any atom is 0.259 e. The SMILES string of the molecule is CC[Si](C)(CC)CCCCCCCC[Si](Oc1ccccc1F)(C(C)C)C(C)(C)C. The molecule has 1 atom stereocenters. The maximum absolute atomic E-state index is 14.4. The van der Waals surface area contributed by atoms with Gasteiger partial charge in [0, 0.05) is 8.07 Å². The van der Waals surface area contributed by atoms with Crippen LogP contribution in [0.3, 0.4) is 0 Å². The van der Waals surface area contributed by atoms with Crippen molar-refractivity contribution >= 4 is 16.4 Å². The summed E-state index contributed by atoms with van der Waals surface area (Å²) in [6, 6.07) is 12.4. The summed E-state index contributed by atoms with van der Waals surface area (Å²) in [7, 11) is -3.11. The van der Waals surface area contributed by atoms with Crippen LogP contribution in [0.15, 0.2) is 24.3 Å². The summed E-state index contributed by atoms with van der Waals surface area (Å²) in [5.41, 5.74) is 0.447. The molecule has 4 heteroatoms. The Balaban J connectivity index is 2.59. The topological polar surface area (TPSA) is 9.23 Å². The van der Waals surface area contributed by atoms with Crippen LogP contribution in [0.2, 0.25) is 41.3 Å². The van der Waals surface area contributed by atoms with Crippen LogP contribution >= 0.6 is 0 Å². The second kappa shape index (κ2) is 12.4. The van der Waals surface area contributed by atoms with Gasteiger partial charge in [-0.1, -0.05) is 124 Å². The lowest BCUT2D eigenvalue weighted by molar-refractivity contribution is 0.424. The molecule has 0 radical (unpaired) electrons. The van der Waals surface area contributed by atoms with Crippen LogP contribution in [-0.2, 0) is 0 Å². The number of hydrogen-bond donors (Lipinski definition) is 0. The van der Waals surface area contributed by atoms with Gasteiger partial charge in [-0.2, -0.15) is 0 Å². The molecule has 0 amide bonds. The quantitative estimate of drug-likeness (QED) is 0.201. The summed E-state index contributed by atoms with van der Waals surface area (Å²) in [4.78, 5) is 0. The Kier molecular flexibility index (Phi) is 11.4. The third-order valence-corrected chi connectivity index (χ3v) is 18.7. The molecule has 1 aromatic carbocycles. The molecule has 1 rings (SSSR count). The van der Waals surface area contributed by atoms with Crippen molar-refractivity contribution in [3.05, 3.63) is 30.1 Å². The summed E-state index contributed by atoms with van der Waals surface area (Å²) in [5, 5.41) is 0.0683. The highest BCUT2D eigenvalue weighted by atomic mass is 28.4. The van der Waals surface area contributed by atoms with Crippen molar-refractivity contribution in [3.63, 3.8) is 0 Å². The monoisotopic (exact) mass is 452 g/mol. The van der Waals surface area contributed by atoms with Gasteiger partial charge < -0.3 is 4.43 Å². The van der Waals surface area contributed by atoms with E-state index in [1.54, 1.807) is 12.1 Å². The smallest absolute Gasteiger partial charge is 0.259 e. The molecule has 0 aliphatic carbocycles. The van der Waals surface area contributed by atoms with Crippen LogP contribution in [0.4, 0.5) is 4.39 Å². The van der Waals surface area contributed by atoms with Crippen molar-refractivity contribution in [2.75, 3.05) is 0 Å². The number of unbranched alkanes of at least 4 members (excludes halogenated alkanes) is 5. The average molecular weight is 453 g/mol. The fraction of sp³-hybridized carbons (Fsp3) is 0.769. The lowest BCUT2D eigenvalue weighted by Gasteiger charge is -2.45. The highest BCUT2D eigenvalue weighted by molar-refractivity contribution is 6.79. The van der Waals surface area contributed by atoms with Gasteiger partial charge in [0.25, 0.3) is 8.32 Å². The van der Waals surface area contributed by atoms with Gasteiger partial charge in [0.15, 0.2) is 5.82 Å². The molecule has 0 aliphatic heterocycles. The highest BCUT2D eigenvalue weighted by Gasteiger charge is 2.50. The molecule has 30 heavy (non-hydrogen) atoms. The minimum atomic E-state index is -2.19. The predicted molar refractivity (Wildman–Crippen MR) is 137 cm³/mol. The molecule has 0 bridgehead atoms. The Morgan fingerprint density at radius 3 is 1.83 bits per heavy atom. The number of para-hydroxylation sites is 1. The van der Waals surface area contributed by atoms with E-state index in [0.717, 1.165) is 6.04 Å². The second-order valence-electron chi connectivity index (χ2n) is 11.0. The molecule has 0 aliphatic rings. The van der Waals surface area contributed by atoms with Gasteiger partial charge in [-0.05, 0) is 28.8 Å². The number of halogens is 1. The largest absolute Gasteiger partial charge is 0.541 e. The fourth-order valence-corrected chi connectivity index (χ4v) is 12.2. The molecule has 0 fully saturated rings. The maximum atomic E-state index is 14.4. The first-order valence-electron chi connectivity index (χ1n) is 12.4. The first-order chi connectivity index (χ1) is 14.0. The molecule has 0 saturated carbocycles. The van der Waals surface area contributed by atoms with E-state index >= 15 is 0 Å². The Morgan fingerprint density at radius 1 is 0.867 bits per heavy atom. The van der Waals surface area contributed by atoms with Crippen molar-refractivity contribution in [2.24, 2.45) is 0 Å². The molecule has 0 saturated heterocycles. The van der Waals surface area contributed by atoms with Crippen LogP contribution in [0.25, 0.3) is 0 Å². The van der Waals surface area contributed by atoms with Crippen LogP contribution in [0.5, 0.6) is 5.75 Å². The third kappa shape index (κ3) is 7.82. The van der Waals surface area contributed by atoms with E-state index in [4.69, 9.17) is 4.43 Å². The van der Waals surface area contributed by atoms with Gasteiger partial charge in [0.2, 0.25) is 0 Å². The van der Waals surface area contributed by atoms with Crippen molar-refractivity contribution in [1.29, 1.82) is 0 Å².